The Balaban J connectivity index is 1.19. The molecule has 5 aromatic rings. The van der Waals surface area contributed by atoms with Crippen molar-refractivity contribution in [1.82, 2.24) is 15.3 Å². The molecule has 0 spiro atoms. The Morgan fingerprint density at radius 3 is 2.71 bits per heavy atom. The van der Waals surface area contributed by atoms with Crippen LogP contribution in [0.1, 0.15) is 5.56 Å². The number of rotatable bonds is 4. The molecule has 34 heavy (non-hydrogen) atoms. The van der Waals surface area contributed by atoms with Gasteiger partial charge in [-0.2, -0.15) is 0 Å². The largest absolute Gasteiger partial charge is 0.481 e. The first kappa shape index (κ1) is 19.8. The van der Waals surface area contributed by atoms with E-state index in [1.165, 1.54) is 0 Å². The standard InChI is InChI=1S/C24H18N6O4/c31-23-13-33-22-11-17(27-24(32)26-16-3-2-15-7-8-25-19(15)10-16)4-6-21(22)30(23)12-14-1-5-18-20(9-14)29-34-28-18/h1-11,25H,12-13H2,(H2,26,27,32). The van der Waals surface area contributed by atoms with Crippen molar-refractivity contribution in [3.63, 3.8) is 0 Å². The highest BCUT2D eigenvalue weighted by Crippen LogP contribution is 2.35. The average Bonchev–Trinajstić information content (AvgIpc) is 3.49. The number of urea groups is 1. The zero-order valence-electron chi connectivity index (χ0n) is 17.7. The molecule has 0 radical (unpaired) electrons. The van der Waals surface area contributed by atoms with Gasteiger partial charge in [-0.05, 0) is 63.7 Å². The number of carbonyl (C=O) groups is 2. The van der Waals surface area contributed by atoms with E-state index in [1.54, 1.807) is 29.2 Å². The number of aromatic nitrogens is 3. The number of benzene rings is 3. The summed E-state index contributed by atoms with van der Waals surface area (Å²) in [6.45, 7) is 0.249. The molecular weight excluding hydrogens is 436 g/mol. The van der Waals surface area contributed by atoms with Gasteiger partial charge < -0.3 is 25.3 Å². The fraction of sp³-hybridized carbons (Fsp3) is 0.0833. The van der Waals surface area contributed by atoms with Crippen molar-refractivity contribution in [2.75, 3.05) is 22.1 Å². The van der Waals surface area contributed by atoms with E-state index >= 15 is 0 Å². The highest BCUT2D eigenvalue weighted by molar-refractivity contribution is 6.02. The van der Waals surface area contributed by atoms with E-state index in [1.807, 2.05) is 42.6 Å². The monoisotopic (exact) mass is 454 g/mol. The number of H-pyrrole nitrogens is 1. The third-order valence-corrected chi connectivity index (χ3v) is 5.63. The van der Waals surface area contributed by atoms with E-state index in [4.69, 9.17) is 9.37 Å². The Kier molecular flexibility index (Phi) is 4.61. The molecule has 0 bridgehead atoms. The van der Waals surface area contributed by atoms with Gasteiger partial charge in [0.05, 0.1) is 12.2 Å². The van der Waals surface area contributed by atoms with Crippen molar-refractivity contribution in [3.8, 4) is 5.75 Å². The highest BCUT2D eigenvalue weighted by atomic mass is 16.6. The predicted octanol–water partition coefficient (Wildman–Crippen LogP) is 4.27. The SMILES string of the molecule is O=C(Nc1ccc2c(c1)OCC(=O)N2Cc1ccc2nonc2c1)Nc1ccc2cc[nH]c2c1. The van der Waals surface area contributed by atoms with Gasteiger partial charge in [-0.1, -0.05) is 12.1 Å². The molecule has 1 aliphatic rings. The average molecular weight is 454 g/mol. The van der Waals surface area contributed by atoms with Crippen LogP contribution in [0.25, 0.3) is 21.9 Å². The maximum absolute atomic E-state index is 12.6. The molecule has 10 heteroatoms. The molecule has 0 aliphatic carbocycles. The number of nitrogens with zero attached hydrogens (tertiary/aromatic N) is 3. The maximum Gasteiger partial charge on any atom is 0.323 e. The first-order valence-corrected chi connectivity index (χ1v) is 10.6. The second-order valence-electron chi connectivity index (χ2n) is 7.90. The topological polar surface area (TPSA) is 125 Å². The third-order valence-electron chi connectivity index (χ3n) is 5.63. The summed E-state index contributed by atoms with van der Waals surface area (Å²) >= 11 is 0. The summed E-state index contributed by atoms with van der Waals surface area (Å²) in [5.74, 6) is 0.346. The Morgan fingerprint density at radius 2 is 1.79 bits per heavy atom. The molecule has 6 rings (SSSR count). The number of amides is 3. The van der Waals surface area contributed by atoms with Crippen molar-refractivity contribution < 1.29 is 19.0 Å². The summed E-state index contributed by atoms with van der Waals surface area (Å²) < 4.78 is 10.4. The molecule has 10 nitrogen and oxygen atoms in total. The summed E-state index contributed by atoms with van der Waals surface area (Å²) in [6.07, 6.45) is 1.85. The minimum Gasteiger partial charge on any atom is -0.481 e. The molecule has 0 fully saturated rings. The number of hydrogen-bond donors (Lipinski definition) is 3. The molecule has 3 amide bonds. The van der Waals surface area contributed by atoms with Crippen LogP contribution in [-0.2, 0) is 11.3 Å². The van der Waals surface area contributed by atoms with Crippen LogP contribution in [0, 0.1) is 0 Å². The van der Waals surface area contributed by atoms with E-state index in [0.717, 1.165) is 16.5 Å². The van der Waals surface area contributed by atoms with Gasteiger partial charge in [0, 0.05) is 29.2 Å². The van der Waals surface area contributed by atoms with Gasteiger partial charge in [0.25, 0.3) is 5.91 Å². The van der Waals surface area contributed by atoms with Crippen LogP contribution in [-0.4, -0.2) is 33.8 Å². The van der Waals surface area contributed by atoms with Gasteiger partial charge >= 0.3 is 6.03 Å². The fourth-order valence-corrected chi connectivity index (χ4v) is 3.98. The molecule has 2 aromatic heterocycles. The summed E-state index contributed by atoms with van der Waals surface area (Å²) in [6, 6.07) is 17.9. The third kappa shape index (κ3) is 3.66. The van der Waals surface area contributed by atoms with E-state index in [2.05, 4.69) is 25.9 Å². The maximum atomic E-state index is 12.6. The smallest absolute Gasteiger partial charge is 0.323 e. The molecule has 3 aromatic carbocycles. The molecule has 3 heterocycles. The minimum absolute atomic E-state index is 0.0907. The van der Waals surface area contributed by atoms with Crippen molar-refractivity contribution in [2.24, 2.45) is 0 Å². The van der Waals surface area contributed by atoms with Gasteiger partial charge in [-0.15, -0.1) is 0 Å². The summed E-state index contributed by atoms with van der Waals surface area (Å²) in [5.41, 5.74) is 4.92. The van der Waals surface area contributed by atoms with E-state index in [9.17, 15) is 9.59 Å². The zero-order chi connectivity index (χ0) is 23.1. The molecule has 1 aliphatic heterocycles. The van der Waals surface area contributed by atoms with Crippen molar-refractivity contribution >= 4 is 50.9 Å². The van der Waals surface area contributed by atoms with E-state index < -0.39 is 0 Å². The molecule has 0 saturated heterocycles. The molecule has 0 saturated carbocycles. The van der Waals surface area contributed by atoms with Gasteiger partial charge in [0.2, 0.25) is 0 Å². The first-order chi connectivity index (χ1) is 16.6. The molecular formula is C24H18N6O4. The first-order valence-electron chi connectivity index (χ1n) is 10.6. The summed E-state index contributed by atoms with van der Waals surface area (Å²) in [5, 5.41) is 14.3. The van der Waals surface area contributed by atoms with Crippen molar-refractivity contribution in [2.45, 2.75) is 6.54 Å². The van der Waals surface area contributed by atoms with Gasteiger partial charge in [0.1, 0.15) is 16.8 Å². The molecule has 0 atom stereocenters. The normalized spacial score (nSPS) is 13.1. The number of anilines is 3. The summed E-state index contributed by atoms with van der Waals surface area (Å²) in [7, 11) is 0. The minimum atomic E-state index is -0.385. The van der Waals surface area contributed by atoms with Crippen LogP contribution in [0.3, 0.4) is 0 Å². The quantitative estimate of drug-likeness (QED) is 0.372. The Morgan fingerprint density at radius 1 is 0.971 bits per heavy atom. The number of aromatic amines is 1. The molecule has 168 valence electrons. The second kappa shape index (κ2) is 7.93. The lowest BCUT2D eigenvalue weighted by Crippen LogP contribution is -2.38. The Bertz CT molecular complexity index is 1560. The van der Waals surface area contributed by atoms with Crippen LogP contribution in [0.15, 0.2) is 71.5 Å². The van der Waals surface area contributed by atoms with Crippen LogP contribution < -0.4 is 20.3 Å². The second-order valence-corrected chi connectivity index (χ2v) is 7.90. The van der Waals surface area contributed by atoms with Gasteiger partial charge in [-0.25, -0.2) is 9.42 Å². The van der Waals surface area contributed by atoms with E-state index in [-0.39, 0.29) is 18.5 Å². The van der Waals surface area contributed by atoms with Crippen LogP contribution in [0.4, 0.5) is 21.9 Å². The van der Waals surface area contributed by atoms with Crippen LogP contribution in [0.5, 0.6) is 5.75 Å². The Hall–Kier alpha value is -4.86. The van der Waals surface area contributed by atoms with Gasteiger partial charge in [0.15, 0.2) is 6.61 Å². The lowest BCUT2D eigenvalue weighted by molar-refractivity contribution is -0.121. The molecule has 0 unspecified atom stereocenters. The van der Waals surface area contributed by atoms with E-state index in [0.29, 0.717) is 40.4 Å². The van der Waals surface area contributed by atoms with Crippen molar-refractivity contribution in [3.05, 3.63) is 72.4 Å². The number of fused-ring (bicyclic) bond motifs is 3. The predicted molar refractivity (Wildman–Crippen MR) is 126 cm³/mol. The van der Waals surface area contributed by atoms with Gasteiger partial charge in [-0.3, -0.25) is 4.79 Å². The number of ether oxygens (including phenoxy) is 1. The fourth-order valence-electron chi connectivity index (χ4n) is 3.98. The van der Waals surface area contributed by atoms with Crippen LogP contribution in [0.2, 0.25) is 0 Å². The number of hydrogen-bond acceptors (Lipinski definition) is 6. The summed E-state index contributed by atoms with van der Waals surface area (Å²) in [4.78, 5) is 29.9. The molecule has 3 N–H and O–H groups in total. The highest BCUT2D eigenvalue weighted by Gasteiger charge is 2.26. The lowest BCUT2D eigenvalue weighted by atomic mass is 10.1. The van der Waals surface area contributed by atoms with Crippen LogP contribution >= 0.6 is 0 Å². The number of carbonyl (C=O) groups excluding carboxylic acids is 2. The lowest BCUT2D eigenvalue weighted by Gasteiger charge is -2.29. The zero-order valence-corrected chi connectivity index (χ0v) is 17.7. The number of nitrogens with one attached hydrogen (secondary N) is 3. The Labute approximate surface area is 192 Å². The van der Waals surface area contributed by atoms with Crippen molar-refractivity contribution in [1.29, 1.82) is 0 Å².